The number of ether oxygens (including phenoxy) is 1. The van der Waals surface area contributed by atoms with Gasteiger partial charge in [0.2, 0.25) is 0 Å². The van der Waals surface area contributed by atoms with Gasteiger partial charge in [0, 0.05) is 6.42 Å². The number of nitrogens with zero attached hydrogens (tertiary/aromatic N) is 2. The summed E-state index contributed by atoms with van der Waals surface area (Å²) < 4.78 is 18.7. The zero-order chi connectivity index (χ0) is 15.6. The van der Waals surface area contributed by atoms with Crippen molar-refractivity contribution in [2.24, 2.45) is 5.10 Å². The fourth-order valence-corrected chi connectivity index (χ4v) is 2.10. The molecule has 0 radical (unpaired) electrons. The lowest BCUT2D eigenvalue weighted by Gasteiger charge is -2.30. The normalized spacial score (nSPS) is 21.1. The number of carboxylic acid groups (broad SMARTS) is 1. The number of hydrogen-bond donors (Lipinski definition) is 1. The number of halogens is 1. The minimum Gasteiger partial charge on any atom is -0.479 e. The van der Waals surface area contributed by atoms with Crippen LogP contribution in [-0.4, -0.2) is 34.9 Å². The van der Waals surface area contributed by atoms with Crippen LogP contribution < -0.4 is 5.01 Å². The van der Waals surface area contributed by atoms with Crippen LogP contribution in [0.3, 0.4) is 0 Å². The van der Waals surface area contributed by atoms with Gasteiger partial charge in [0.05, 0.1) is 12.3 Å². The van der Waals surface area contributed by atoms with Crippen LogP contribution in [0.1, 0.15) is 20.3 Å². The Labute approximate surface area is 120 Å². The van der Waals surface area contributed by atoms with Crippen LogP contribution in [0.5, 0.6) is 0 Å². The van der Waals surface area contributed by atoms with Gasteiger partial charge in [-0.05, 0) is 26.0 Å². The predicted octanol–water partition coefficient (Wildman–Crippen LogP) is 1.80. The van der Waals surface area contributed by atoms with Gasteiger partial charge in [-0.2, -0.15) is 5.10 Å². The van der Waals surface area contributed by atoms with Crippen molar-refractivity contribution >= 4 is 23.3 Å². The molecular formula is C14H15FN2O4. The average molecular weight is 294 g/mol. The third-order valence-corrected chi connectivity index (χ3v) is 3.25. The van der Waals surface area contributed by atoms with Crippen molar-refractivity contribution in [3.05, 3.63) is 30.1 Å². The Kier molecular flexibility index (Phi) is 3.93. The predicted molar refractivity (Wildman–Crippen MR) is 73.6 cm³/mol. The van der Waals surface area contributed by atoms with Crippen LogP contribution in [0.25, 0.3) is 0 Å². The molecule has 1 aliphatic heterocycles. The van der Waals surface area contributed by atoms with E-state index < -0.39 is 23.3 Å². The number of carbonyl (C=O) groups is 2. The lowest BCUT2D eigenvalue weighted by Crippen LogP contribution is -2.47. The lowest BCUT2D eigenvalue weighted by molar-refractivity contribution is -0.142. The maximum absolute atomic E-state index is 13.9. The molecule has 0 spiro atoms. The highest BCUT2D eigenvalue weighted by Gasteiger charge is 2.48. The molecular weight excluding hydrogens is 279 g/mol. The summed E-state index contributed by atoms with van der Waals surface area (Å²) in [5.41, 5.74) is -1.57. The van der Waals surface area contributed by atoms with E-state index in [1.807, 2.05) is 0 Å². The first-order valence-electron chi connectivity index (χ1n) is 6.43. The topological polar surface area (TPSA) is 79.2 Å². The van der Waals surface area contributed by atoms with Gasteiger partial charge < -0.3 is 9.84 Å². The number of aliphatic carboxylic acids is 1. The van der Waals surface area contributed by atoms with Gasteiger partial charge in [0.25, 0.3) is 0 Å². The van der Waals surface area contributed by atoms with E-state index in [-0.39, 0.29) is 24.4 Å². The van der Waals surface area contributed by atoms with Crippen molar-refractivity contribution in [2.45, 2.75) is 25.8 Å². The Hall–Kier alpha value is -2.44. The molecule has 0 fully saturated rings. The molecule has 1 aromatic carbocycles. The average Bonchev–Trinajstić information content (AvgIpc) is 2.79. The monoisotopic (exact) mass is 294 g/mol. The Balaban J connectivity index is 2.46. The van der Waals surface area contributed by atoms with Crippen molar-refractivity contribution in [1.82, 2.24) is 0 Å². The summed E-state index contributed by atoms with van der Waals surface area (Å²) in [7, 11) is 0. The smallest absolute Gasteiger partial charge is 0.354 e. The summed E-state index contributed by atoms with van der Waals surface area (Å²) >= 11 is 0. The number of anilines is 1. The number of carbonyl (C=O) groups excluding carboxylic acids is 1. The molecule has 7 heteroatoms. The molecule has 1 atom stereocenters. The number of para-hydroxylation sites is 1. The lowest BCUT2D eigenvalue weighted by atomic mass is 9.95. The molecule has 0 amide bonds. The first-order valence-corrected chi connectivity index (χ1v) is 6.43. The third-order valence-electron chi connectivity index (χ3n) is 3.25. The number of benzene rings is 1. The quantitative estimate of drug-likeness (QED) is 0.857. The molecule has 1 N–H and O–H groups in total. The van der Waals surface area contributed by atoms with Gasteiger partial charge in [-0.25, -0.2) is 19.0 Å². The molecule has 0 saturated carbocycles. The molecule has 1 aromatic rings. The van der Waals surface area contributed by atoms with Crippen LogP contribution in [0.2, 0.25) is 0 Å². The summed E-state index contributed by atoms with van der Waals surface area (Å²) in [6.07, 6.45) is -0.157. The van der Waals surface area contributed by atoms with Gasteiger partial charge in [-0.1, -0.05) is 12.1 Å². The van der Waals surface area contributed by atoms with Crippen molar-refractivity contribution in [3.63, 3.8) is 0 Å². The first-order chi connectivity index (χ1) is 9.90. The van der Waals surface area contributed by atoms with Crippen molar-refractivity contribution in [2.75, 3.05) is 11.6 Å². The zero-order valence-electron chi connectivity index (χ0n) is 11.7. The minimum atomic E-state index is -1.54. The molecule has 2 rings (SSSR count). The molecule has 0 aliphatic carbocycles. The number of rotatable bonds is 4. The summed E-state index contributed by atoms with van der Waals surface area (Å²) in [5, 5.41) is 14.4. The van der Waals surface area contributed by atoms with Crippen molar-refractivity contribution < 1.29 is 23.8 Å². The van der Waals surface area contributed by atoms with Crippen LogP contribution in [0.4, 0.5) is 10.1 Å². The highest BCUT2D eigenvalue weighted by Crippen LogP contribution is 2.34. The fourth-order valence-electron chi connectivity index (χ4n) is 2.10. The SMILES string of the molecule is CCOC(=O)C1=NN(c2ccccc2F)C(C)(C(=O)O)C1. The van der Waals surface area contributed by atoms with E-state index in [4.69, 9.17) is 4.74 Å². The van der Waals surface area contributed by atoms with E-state index in [0.717, 1.165) is 5.01 Å². The second kappa shape index (κ2) is 5.51. The van der Waals surface area contributed by atoms with Crippen molar-refractivity contribution in [3.8, 4) is 0 Å². The maximum atomic E-state index is 13.9. The highest BCUT2D eigenvalue weighted by molar-refractivity contribution is 6.38. The van der Waals surface area contributed by atoms with Crippen LogP contribution in [-0.2, 0) is 14.3 Å². The Bertz CT molecular complexity index is 617. The van der Waals surface area contributed by atoms with E-state index in [1.165, 1.54) is 25.1 Å². The van der Waals surface area contributed by atoms with Gasteiger partial charge in [-0.15, -0.1) is 0 Å². The second-order valence-electron chi connectivity index (χ2n) is 4.79. The van der Waals surface area contributed by atoms with Gasteiger partial charge >= 0.3 is 11.9 Å². The van der Waals surface area contributed by atoms with Crippen molar-refractivity contribution in [1.29, 1.82) is 0 Å². The molecule has 112 valence electrons. The molecule has 6 nitrogen and oxygen atoms in total. The van der Waals surface area contributed by atoms with Gasteiger partial charge in [0.1, 0.15) is 11.5 Å². The van der Waals surface area contributed by atoms with Gasteiger partial charge in [-0.3, -0.25) is 0 Å². The van der Waals surface area contributed by atoms with E-state index >= 15 is 0 Å². The number of hydrazone groups is 1. The summed E-state index contributed by atoms with van der Waals surface area (Å²) in [6.45, 7) is 3.18. The number of carboxylic acids is 1. The molecule has 0 bridgehead atoms. The molecule has 1 heterocycles. The largest absolute Gasteiger partial charge is 0.479 e. The third kappa shape index (κ3) is 2.58. The van der Waals surface area contributed by atoms with Crippen LogP contribution >= 0.6 is 0 Å². The number of hydrogen-bond acceptors (Lipinski definition) is 5. The minimum absolute atomic E-state index is 0.00157. The maximum Gasteiger partial charge on any atom is 0.354 e. The molecule has 0 aromatic heterocycles. The summed E-state index contributed by atoms with van der Waals surface area (Å²) in [4.78, 5) is 23.3. The summed E-state index contributed by atoms with van der Waals surface area (Å²) in [6, 6.07) is 5.67. The second-order valence-corrected chi connectivity index (χ2v) is 4.79. The van der Waals surface area contributed by atoms with E-state index in [9.17, 15) is 19.1 Å². The molecule has 1 unspecified atom stereocenters. The van der Waals surface area contributed by atoms with Crippen LogP contribution in [0.15, 0.2) is 29.4 Å². The molecule has 21 heavy (non-hydrogen) atoms. The van der Waals surface area contributed by atoms with Gasteiger partial charge in [0.15, 0.2) is 5.54 Å². The molecule has 0 saturated heterocycles. The van der Waals surface area contributed by atoms with E-state index in [1.54, 1.807) is 13.0 Å². The van der Waals surface area contributed by atoms with E-state index in [2.05, 4.69) is 5.10 Å². The highest BCUT2D eigenvalue weighted by atomic mass is 19.1. The zero-order valence-corrected chi connectivity index (χ0v) is 11.7. The molecule has 1 aliphatic rings. The van der Waals surface area contributed by atoms with E-state index in [0.29, 0.717) is 0 Å². The standard InChI is InChI=1S/C14H15FN2O4/c1-3-21-12(18)10-8-14(2,13(19)20)17(16-10)11-7-5-4-6-9(11)15/h4-7H,3,8H2,1-2H3,(H,19,20). The fraction of sp³-hybridized carbons (Fsp3) is 0.357. The van der Waals surface area contributed by atoms with Crippen LogP contribution in [0, 0.1) is 5.82 Å². The number of esters is 1. The first kappa shape index (κ1) is 15.0. The Morgan fingerprint density at radius 2 is 2.14 bits per heavy atom. The summed E-state index contributed by atoms with van der Waals surface area (Å²) in [5.74, 6) is -2.50. The Morgan fingerprint density at radius 1 is 1.48 bits per heavy atom. The Morgan fingerprint density at radius 3 is 2.71 bits per heavy atom.